The zero-order valence-electron chi connectivity index (χ0n) is 7.45. The van der Waals surface area contributed by atoms with E-state index >= 15 is 0 Å². The minimum absolute atomic E-state index is 1.24. The second-order valence-corrected chi connectivity index (χ2v) is 4.31. The molecule has 0 nitrogen and oxygen atoms in total. The Bertz CT molecular complexity index is 44.7. The van der Waals surface area contributed by atoms with Crippen LogP contribution >= 0.6 is 0 Å². The van der Waals surface area contributed by atoms with Gasteiger partial charge in [-0.1, -0.05) is 58.0 Å². The number of rotatable bonds is 7. The van der Waals surface area contributed by atoms with Gasteiger partial charge in [0, 0.05) is 9.52 Å². The van der Waals surface area contributed by atoms with Gasteiger partial charge < -0.3 is 0 Å². The van der Waals surface area contributed by atoms with E-state index in [0.717, 1.165) is 0 Å². The smallest absolute Gasteiger partial charge is 0.0377 e. The first-order valence-corrected chi connectivity index (χ1v) is 6.04. The van der Waals surface area contributed by atoms with Gasteiger partial charge in [-0.3, -0.25) is 0 Å². The molecule has 0 N–H and O–H groups in total. The predicted octanol–water partition coefficient (Wildman–Crippen LogP) is 3.52. The van der Waals surface area contributed by atoms with Crippen LogP contribution in [-0.2, 0) is 0 Å². The van der Waals surface area contributed by atoms with Crippen LogP contribution in [0.4, 0.5) is 0 Å². The van der Waals surface area contributed by atoms with Gasteiger partial charge in [0.15, 0.2) is 0 Å². The van der Waals surface area contributed by atoms with Crippen LogP contribution in [0.5, 0.6) is 0 Å². The van der Waals surface area contributed by atoms with Gasteiger partial charge >= 0.3 is 0 Å². The largest absolute Gasteiger partial charge is 0.0657 e. The van der Waals surface area contributed by atoms with Crippen molar-refractivity contribution >= 4 is 9.52 Å². The lowest BCUT2D eigenvalue weighted by Gasteiger charge is -1.96. The fourth-order valence-corrected chi connectivity index (χ4v) is 2.08. The lowest BCUT2D eigenvalue weighted by atomic mass is 10.2. The van der Waals surface area contributed by atoms with Gasteiger partial charge in [-0.25, -0.2) is 0 Å². The van der Waals surface area contributed by atoms with E-state index in [1.807, 2.05) is 0 Å². The third-order valence-electron chi connectivity index (χ3n) is 1.63. The van der Waals surface area contributed by atoms with Crippen LogP contribution in [0, 0.1) is 0 Å². The Morgan fingerprint density at radius 3 is 2.20 bits per heavy atom. The van der Waals surface area contributed by atoms with Crippen molar-refractivity contribution in [3.8, 4) is 0 Å². The van der Waals surface area contributed by atoms with Crippen LogP contribution in [-0.4, -0.2) is 9.52 Å². The molecule has 1 heteroatoms. The molecule has 2 radical (unpaired) electrons. The van der Waals surface area contributed by atoms with Crippen molar-refractivity contribution in [1.29, 1.82) is 0 Å². The Balaban J connectivity index is 2.65. The highest BCUT2D eigenvalue weighted by atomic mass is 28.2. The molecule has 0 aromatic rings. The molecule has 0 aromatic heterocycles. The normalized spacial score (nSPS) is 10.2. The SMILES string of the molecule is CCCCCC[Si]CCC. The second kappa shape index (κ2) is 9.22. The predicted molar refractivity (Wildman–Crippen MR) is 49.8 cm³/mol. The van der Waals surface area contributed by atoms with Crippen LogP contribution in [0.25, 0.3) is 0 Å². The average Bonchev–Trinajstić information content (AvgIpc) is 1.97. The van der Waals surface area contributed by atoms with Crippen LogP contribution < -0.4 is 0 Å². The average molecular weight is 156 g/mol. The fourth-order valence-electron chi connectivity index (χ4n) is 0.979. The van der Waals surface area contributed by atoms with Crippen LogP contribution in [0.2, 0.25) is 12.1 Å². The molecule has 10 heavy (non-hydrogen) atoms. The Morgan fingerprint density at radius 2 is 1.60 bits per heavy atom. The molecule has 0 aromatic carbocycles. The van der Waals surface area contributed by atoms with E-state index in [0.29, 0.717) is 0 Å². The molecule has 0 amide bonds. The molecule has 0 saturated carbocycles. The van der Waals surface area contributed by atoms with Crippen molar-refractivity contribution in [3.63, 3.8) is 0 Å². The van der Waals surface area contributed by atoms with Crippen molar-refractivity contribution in [2.75, 3.05) is 0 Å². The quantitative estimate of drug-likeness (QED) is 0.391. The molecule has 0 unspecified atom stereocenters. The van der Waals surface area contributed by atoms with Crippen LogP contribution in [0.15, 0.2) is 0 Å². The fraction of sp³-hybridized carbons (Fsp3) is 1.00. The molecule has 0 heterocycles. The second-order valence-electron chi connectivity index (χ2n) is 2.81. The summed E-state index contributed by atoms with van der Waals surface area (Å²) in [7, 11) is 1.24. The first-order valence-electron chi connectivity index (χ1n) is 4.62. The van der Waals surface area contributed by atoms with Crippen molar-refractivity contribution in [2.45, 2.75) is 58.0 Å². The molecule has 0 aliphatic carbocycles. The van der Waals surface area contributed by atoms with E-state index in [-0.39, 0.29) is 0 Å². The monoisotopic (exact) mass is 156 g/mol. The minimum Gasteiger partial charge on any atom is -0.0657 e. The Morgan fingerprint density at radius 1 is 0.800 bits per heavy atom. The highest BCUT2D eigenvalue weighted by Gasteiger charge is 1.88. The highest BCUT2D eigenvalue weighted by molar-refractivity contribution is 6.35. The molecule has 0 rings (SSSR count). The zero-order chi connectivity index (χ0) is 7.66. The van der Waals surface area contributed by atoms with E-state index in [1.54, 1.807) is 0 Å². The van der Waals surface area contributed by atoms with E-state index < -0.39 is 0 Å². The molecule has 0 fully saturated rings. The van der Waals surface area contributed by atoms with Crippen molar-refractivity contribution in [2.24, 2.45) is 0 Å². The molecule has 0 bridgehead atoms. The number of unbranched alkanes of at least 4 members (excludes halogenated alkanes) is 3. The first-order chi connectivity index (χ1) is 4.91. The maximum Gasteiger partial charge on any atom is 0.0377 e. The molecule has 0 atom stereocenters. The van der Waals surface area contributed by atoms with Gasteiger partial charge in [-0.15, -0.1) is 0 Å². The molecule has 0 spiro atoms. The zero-order valence-corrected chi connectivity index (χ0v) is 8.45. The third-order valence-corrected chi connectivity index (χ3v) is 3.19. The molecular formula is C9H20Si. The molecule has 0 aliphatic heterocycles. The van der Waals surface area contributed by atoms with E-state index in [4.69, 9.17) is 0 Å². The Kier molecular flexibility index (Phi) is 9.42. The summed E-state index contributed by atoms with van der Waals surface area (Å²) in [6.07, 6.45) is 7.14. The van der Waals surface area contributed by atoms with Crippen molar-refractivity contribution < 1.29 is 0 Å². The van der Waals surface area contributed by atoms with Crippen LogP contribution in [0.3, 0.4) is 0 Å². The Labute approximate surface area is 68.2 Å². The highest BCUT2D eigenvalue weighted by Crippen LogP contribution is 2.03. The van der Waals surface area contributed by atoms with E-state index in [9.17, 15) is 0 Å². The summed E-state index contributed by atoms with van der Waals surface area (Å²) >= 11 is 0. The summed E-state index contributed by atoms with van der Waals surface area (Å²) in [5.74, 6) is 0. The summed E-state index contributed by atoms with van der Waals surface area (Å²) < 4.78 is 0. The van der Waals surface area contributed by atoms with E-state index in [2.05, 4.69) is 13.8 Å². The van der Waals surface area contributed by atoms with Crippen molar-refractivity contribution in [3.05, 3.63) is 0 Å². The van der Waals surface area contributed by atoms with Gasteiger partial charge in [0.2, 0.25) is 0 Å². The topological polar surface area (TPSA) is 0 Å². The third kappa shape index (κ3) is 8.22. The van der Waals surface area contributed by atoms with Gasteiger partial charge in [-0.05, 0) is 0 Å². The number of hydrogen-bond donors (Lipinski definition) is 0. The molecule has 0 aliphatic rings. The maximum atomic E-state index is 2.28. The first kappa shape index (κ1) is 10.2. The van der Waals surface area contributed by atoms with E-state index in [1.165, 1.54) is 53.7 Å². The molecule has 60 valence electrons. The maximum absolute atomic E-state index is 2.28. The van der Waals surface area contributed by atoms with Gasteiger partial charge in [0.1, 0.15) is 0 Å². The lowest BCUT2D eigenvalue weighted by molar-refractivity contribution is 0.699. The summed E-state index contributed by atoms with van der Waals surface area (Å²) in [5.41, 5.74) is 0. The lowest BCUT2D eigenvalue weighted by Crippen LogP contribution is -1.87. The Hall–Kier alpha value is 0.217. The van der Waals surface area contributed by atoms with Crippen molar-refractivity contribution in [1.82, 2.24) is 0 Å². The van der Waals surface area contributed by atoms with Gasteiger partial charge in [-0.2, -0.15) is 0 Å². The number of hydrogen-bond acceptors (Lipinski definition) is 0. The standard InChI is InChI=1S/C9H20Si/c1-3-5-6-7-9-10-8-4-2/h3-9H2,1-2H3. The molecular weight excluding hydrogens is 136 g/mol. The summed E-state index contributed by atoms with van der Waals surface area (Å²) in [6, 6.07) is 2.96. The molecule has 0 saturated heterocycles. The summed E-state index contributed by atoms with van der Waals surface area (Å²) in [5, 5.41) is 0. The summed E-state index contributed by atoms with van der Waals surface area (Å²) in [6.45, 7) is 4.55. The minimum atomic E-state index is 1.24. The summed E-state index contributed by atoms with van der Waals surface area (Å²) in [4.78, 5) is 0. The van der Waals surface area contributed by atoms with Gasteiger partial charge in [0.05, 0.1) is 0 Å². The van der Waals surface area contributed by atoms with Crippen LogP contribution in [0.1, 0.15) is 46.0 Å². The van der Waals surface area contributed by atoms with Gasteiger partial charge in [0.25, 0.3) is 0 Å².